The molecular weight excluding hydrogens is 176 g/mol. The van der Waals surface area contributed by atoms with Crippen molar-refractivity contribution < 1.29 is 9.47 Å². The third kappa shape index (κ3) is 1.80. The van der Waals surface area contributed by atoms with Crippen molar-refractivity contribution in [1.29, 1.82) is 0 Å². The van der Waals surface area contributed by atoms with E-state index in [1.54, 1.807) is 0 Å². The Morgan fingerprint density at radius 3 is 2.07 bits per heavy atom. The average Bonchev–Trinajstić information content (AvgIpc) is 2.61. The second-order valence-corrected chi connectivity index (χ2v) is 4.54. The second kappa shape index (κ2) is 3.56. The highest BCUT2D eigenvalue weighted by Crippen LogP contribution is 2.44. The summed E-state index contributed by atoms with van der Waals surface area (Å²) < 4.78 is 11.4. The number of hydrogen-bond acceptors (Lipinski definition) is 2. The highest BCUT2D eigenvalue weighted by molar-refractivity contribution is 5.11. The SMILES string of the molecule is CC#CC1(C)CCC2(CC1)OCCO2. The van der Waals surface area contributed by atoms with Crippen molar-refractivity contribution in [3.8, 4) is 11.8 Å². The molecule has 0 radical (unpaired) electrons. The zero-order chi connectivity index (χ0) is 10.1. The van der Waals surface area contributed by atoms with E-state index in [9.17, 15) is 0 Å². The molecule has 1 spiro atoms. The van der Waals surface area contributed by atoms with Crippen molar-refractivity contribution in [2.75, 3.05) is 13.2 Å². The van der Waals surface area contributed by atoms with Crippen LogP contribution in [0.15, 0.2) is 0 Å². The van der Waals surface area contributed by atoms with E-state index in [4.69, 9.17) is 9.47 Å². The molecule has 2 heteroatoms. The van der Waals surface area contributed by atoms with Gasteiger partial charge in [0.2, 0.25) is 0 Å². The van der Waals surface area contributed by atoms with Gasteiger partial charge in [-0.3, -0.25) is 0 Å². The van der Waals surface area contributed by atoms with Crippen LogP contribution in [-0.2, 0) is 9.47 Å². The predicted molar refractivity (Wildman–Crippen MR) is 54.7 cm³/mol. The van der Waals surface area contributed by atoms with Crippen LogP contribution in [0.5, 0.6) is 0 Å². The monoisotopic (exact) mass is 194 g/mol. The van der Waals surface area contributed by atoms with E-state index >= 15 is 0 Å². The highest BCUT2D eigenvalue weighted by Gasteiger charge is 2.43. The van der Waals surface area contributed by atoms with Gasteiger partial charge in [-0.2, -0.15) is 0 Å². The molecule has 2 aliphatic rings. The molecule has 0 aromatic carbocycles. The summed E-state index contributed by atoms with van der Waals surface area (Å²) in [7, 11) is 0. The van der Waals surface area contributed by atoms with Gasteiger partial charge in [-0.1, -0.05) is 5.92 Å². The van der Waals surface area contributed by atoms with E-state index in [-0.39, 0.29) is 11.2 Å². The fraction of sp³-hybridized carbons (Fsp3) is 0.833. The van der Waals surface area contributed by atoms with Crippen LogP contribution in [0.2, 0.25) is 0 Å². The van der Waals surface area contributed by atoms with Gasteiger partial charge < -0.3 is 9.47 Å². The highest BCUT2D eigenvalue weighted by atomic mass is 16.7. The number of hydrogen-bond donors (Lipinski definition) is 0. The minimum absolute atomic E-state index is 0.190. The molecule has 2 rings (SSSR count). The largest absolute Gasteiger partial charge is 0.348 e. The van der Waals surface area contributed by atoms with Crippen LogP contribution in [0.1, 0.15) is 39.5 Å². The summed E-state index contributed by atoms with van der Waals surface area (Å²) in [5.41, 5.74) is 0.190. The minimum Gasteiger partial charge on any atom is -0.348 e. The lowest BCUT2D eigenvalue weighted by atomic mass is 9.74. The summed E-state index contributed by atoms with van der Waals surface area (Å²) in [4.78, 5) is 0. The first-order valence-corrected chi connectivity index (χ1v) is 5.40. The molecule has 0 aromatic rings. The van der Waals surface area contributed by atoms with E-state index in [1.807, 2.05) is 6.92 Å². The second-order valence-electron chi connectivity index (χ2n) is 4.54. The Bertz CT molecular complexity index is 256. The molecule has 14 heavy (non-hydrogen) atoms. The van der Waals surface area contributed by atoms with Crippen LogP contribution in [-0.4, -0.2) is 19.0 Å². The lowest BCUT2D eigenvalue weighted by Crippen LogP contribution is -2.38. The Labute approximate surface area is 86.0 Å². The van der Waals surface area contributed by atoms with Crippen LogP contribution < -0.4 is 0 Å². The molecule has 0 bridgehead atoms. The van der Waals surface area contributed by atoms with Gasteiger partial charge in [0, 0.05) is 18.3 Å². The number of ether oxygens (including phenoxy) is 2. The summed E-state index contributed by atoms with van der Waals surface area (Å²) in [6.07, 6.45) is 4.18. The van der Waals surface area contributed by atoms with Gasteiger partial charge in [-0.25, -0.2) is 0 Å². The van der Waals surface area contributed by atoms with Gasteiger partial charge in [-0.05, 0) is 26.7 Å². The molecule has 0 unspecified atom stereocenters. The smallest absolute Gasteiger partial charge is 0.168 e. The first kappa shape index (κ1) is 10.0. The molecule has 0 atom stereocenters. The van der Waals surface area contributed by atoms with Gasteiger partial charge in [0.15, 0.2) is 5.79 Å². The topological polar surface area (TPSA) is 18.5 Å². The third-order valence-electron chi connectivity index (χ3n) is 3.36. The first-order valence-electron chi connectivity index (χ1n) is 5.40. The van der Waals surface area contributed by atoms with Gasteiger partial charge in [0.25, 0.3) is 0 Å². The molecule has 1 heterocycles. The lowest BCUT2D eigenvalue weighted by molar-refractivity contribution is -0.186. The Morgan fingerprint density at radius 2 is 1.57 bits per heavy atom. The maximum atomic E-state index is 5.68. The van der Waals surface area contributed by atoms with E-state index < -0.39 is 0 Å². The summed E-state index contributed by atoms with van der Waals surface area (Å²) >= 11 is 0. The van der Waals surface area contributed by atoms with E-state index in [1.165, 1.54) is 0 Å². The van der Waals surface area contributed by atoms with E-state index in [0.717, 1.165) is 38.9 Å². The average molecular weight is 194 g/mol. The van der Waals surface area contributed by atoms with Gasteiger partial charge in [0.1, 0.15) is 0 Å². The van der Waals surface area contributed by atoms with E-state index in [2.05, 4.69) is 18.8 Å². The fourth-order valence-corrected chi connectivity index (χ4v) is 2.40. The molecule has 2 nitrogen and oxygen atoms in total. The Kier molecular flexibility index (Phi) is 2.55. The van der Waals surface area contributed by atoms with Crippen LogP contribution in [0.3, 0.4) is 0 Å². The Morgan fingerprint density at radius 1 is 1.00 bits per heavy atom. The standard InChI is InChI=1S/C12H18O2/c1-3-4-11(2)5-7-12(8-6-11)13-9-10-14-12/h5-10H2,1-2H3. The predicted octanol–water partition coefficient (Wildman–Crippen LogP) is 2.33. The molecule has 0 N–H and O–H groups in total. The zero-order valence-corrected chi connectivity index (χ0v) is 9.06. The van der Waals surface area contributed by atoms with Crippen molar-refractivity contribution in [3.05, 3.63) is 0 Å². The van der Waals surface area contributed by atoms with Crippen LogP contribution in [0.4, 0.5) is 0 Å². The van der Waals surface area contributed by atoms with Crippen molar-refractivity contribution >= 4 is 0 Å². The van der Waals surface area contributed by atoms with Crippen LogP contribution in [0, 0.1) is 17.3 Å². The summed E-state index contributed by atoms with van der Waals surface area (Å²) in [5, 5.41) is 0. The molecule has 1 saturated carbocycles. The molecule has 1 aliphatic heterocycles. The maximum absolute atomic E-state index is 5.68. The van der Waals surface area contributed by atoms with Crippen LogP contribution >= 0.6 is 0 Å². The summed E-state index contributed by atoms with van der Waals surface area (Å²) in [6, 6.07) is 0. The molecule has 2 fully saturated rings. The summed E-state index contributed by atoms with van der Waals surface area (Å²) in [6.45, 7) is 5.68. The zero-order valence-electron chi connectivity index (χ0n) is 9.06. The van der Waals surface area contributed by atoms with E-state index in [0.29, 0.717) is 0 Å². The Balaban J connectivity index is 1.99. The molecule has 1 aliphatic carbocycles. The number of rotatable bonds is 0. The molecular formula is C12H18O2. The first-order chi connectivity index (χ1) is 6.68. The third-order valence-corrected chi connectivity index (χ3v) is 3.36. The normalized spacial score (nSPS) is 28.4. The minimum atomic E-state index is -0.241. The molecule has 1 saturated heterocycles. The van der Waals surface area contributed by atoms with Gasteiger partial charge in [-0.15, -0.1) is 5.92 Å². The maximum Gasteiger partial charge on any atom is 0.168 e. The van der Waals surface area contributed by atoms with Crippen molar-refractivity contribution in [2.24, 2.45) is 5.41 Å². The fourth-order valence-electron chi connectivity index (χ4n) is 2.40. The molecule has 78 valence electrons. The lowest BCUT2D eigenvalue weighted by Gasteiger charge is -2.38. The van der Waals surface area contributed by atoms with Gasteiger partial charge in [0.05, 0.1) is 13.2 Å². The van der Waals surface area contributed by atoms with Crippen molar-refractivity contribution in [1.82, 2.24) is 0 Å². The van der Waals surface area contributed by atoms with Crippen LogP contribution in [0.25, 0.3) is 0 Å². The summed E-state index contributed by atoms with van der Waals surface area (Å²) in [5.74, 6) is 6.09. The molecule has 0 amide bonds. The Hall–Kier alpha value is -0.520. The van der Waals surface area contributed by atoms with Crippen molar-refractivity contribution in [2.45, 2.75) is 45.3 Å². The quantitative estimate of drug-likeness (QED) is 0.551. The van der Waals surface area contributed by atoms with Gasteiger partial charge >= 0.3 is 0 Å². The van der Waals surface area contributed by atoms with Crippen molar-refractivity contribution in [3.63, 3.8) is 0 Å². The molecule has 0 aromatic heterocycles.